The number of carboxylic acids is 1. The molecule has 90 valence electrons. The summed E-state index contributed by atoms with van der Waals surface area (Å²) >= 11 is 0. The van der Waals surface area contributed by atoms with Gasteiger partial charge in [0.25, 0.3) is 0 Å². The van der Waals surface area contributed by atoms with Crippen molar-refractivity contribution < 1.29 is 14.6 Å². The van der Waals surface area contributed by atoms with Crippen molar-refractivity contribution in [3.05, 3.63) is 41.5 Å². The molecular formula is C14H16O3. The maximum atomic E-state index is 11.1. The molecule has 1 aromatic rings. The van der Waals surface area contributed by atoms with Gasteiger partial charge in [0.2, 0.25) is 0 Å². The molecule has 0 bridgehead atoms. The van der Waals surface area contributed by atoms with Gasteiger partial charge in [-0.2, -0.15) is 0 Å². The molecule has 3 nitrogen and oxygen atoms in total. The minimum absolute atomic E-state index is 0.377. The minimum atomic E-state index is -0.828. The summed E-state index contributed by atoms with van der Waals surface area (Å²) in [4.78, 5) is 11.1. The molecule has 1 unspecified atom stereocenters. The van der Waals surface area contributed by atoms with E-state index < -0.39 is 5.97 Å². The van der Waals surface area contributed by atoms with Gasteiger partial charge in [-0.05, 0) is 30.9 Å². The average Bonchev–Trinajstić information content (AvgIpc) is 3.13. The van der Waals surface area contributed by atoms with Crippen LogP contribution in [0.4, 0.5) is 0 Å². The number of ether oxygens (including phenoxy) is 1. The molecule has 0 radical (unpaired) electrons. The predicted molar refractivity (Wildman–Crippen MR) is 65.6 cm³/mol. The summed E-state index contributed by atoms with van der Waals surface area (Å²) in [5.41, 5.74) is 1.41. The molecular weight excluding hydrogens is 216 g/mol. The first kappa shape index (κ1) is 11.9. The van der Waals surface area contributed by atoms with Crippen molar-refractivity contribution in [1.82, 2.24) is 0 Å². The Morgan fingerprint density at radius 1 is 1.41 bits per heavy atom. The Balaban J connectivity index is 1.95. The van der Waals surface area contributed by atoms with Crippen molar-refractivity contribution in [3.63, 3.8) is 0 Å². The van der Waals surface area contributed by atoms with E-state index in [9.17, 15) is 4.79 Å². The SMILES string of the molecule is O=C(O)C(=Cc1ccccc1)CCCC1CO1. The largest absolute Gasteiger partial charge is 0.478 e. The summed E-state index contributed by atoms with van der Waals surface area (Å²) < 4.78 is 5.10. The third-order valence-corrected chi connectivity index (χ3v) is 2.79. The van der Waals surface area contributed by atoms with Crippen LogP contribution in [0.15, 0.2) is 35.9 Å². The van der Waals surface area contributed by atoms with E-state index in [2.05, 4.69) is 0 Å². The van der Waals surface area contributed by atoms with Crippen molar-refractivity contribution in [3.8, 4) is 0 Å². The normalized spacial score (nSPS) is 19.1. The highest BCUT2D eigenvalue weighted by atomic mass is 16.6. The summed E-state index contributed by atoms with van der Waals surface area (Å²) in [6, 6.07) is 9.55. The maximum Gasteiger partial charge on any atom is 0.331 e. The van der Waals surface area contributed by atoms with E-state index in [-0.39, 0.29) is 0 Å². The average molecular weight is 232 g/mol. The van der Waals surface area contributed by atoms with Gasteiger partial charge in [0.05, 0.1) is 12.7 Å². The van der Waals surface area contributed by atoms with Gasteiger partial charge in [0.15, 0.2) is 0 Å². The first-order valence-electron chi connectivity index (χ1n) is 5.86. The molecule has 3 heteroatoms. The minimum Gasteiger partial charge on any atom is -0.478 e. The Kier molecular flexibility index (Phi) is 3.94. The smallest absolute Gasteiger partial charge is 0.331 e. The van der Waals surface area contributed by atoms with E-state index in [4.69, 9.17) is 9.84 Å². The zero-order valence-corrected chi connectivity index (χ0v) is 9.63. The molecule has 1 atom stereocenters. The van der Waals surface area contributed by atoms with Crippen LogP contribution in [-0.4, -0.2) is 23.8 Å². The highest BCUT2D eigenvalue weighted by Crippen LogP contribution is 2.20. The lowest BCUT2D eigenvalue weighted by Gasteiger charge is -2.02. The molecule has 0 aromatic heterocycles. The van der Waals surface area contributed by atoms with Gasteiger partial charge in [0, 0.05) is 5.57 Å². The Hall–Kier alpha value is -1.61. The molecule has 0 spiro atoms. The Labute approximate surface area is 101 Å². The van der Waals surface area contributed by atoms with Crippen LogP contribution in [0.1, 0.15) is 24.8 Å². The third-order valence-electron chi connectivity index (χ3n) is 2.79. The summed E-state index contributed by atoms with van der Waals surface area (Å²) in [5.74, 6) is -0.828. The lowest BCUT2D eigenvalue weighted by atomic mass is 10.0. The lowest BCUT2D eigenvalue weighted by Crippen LogP contribution is -2.01. The van der Waals surface area contributed by atoms with Crippen LogP contribution < -0.4 is 0 Å². The Morgan fingerprint density at radius 2 is 2.12 bits per heavy atom. The third kappa shape index (κ3) is 4.04. The molecule has 0 saturated carbocycles. The van der Waals surface area contributed by atoms with E-state index in [1.165, 1.54) is 0 Å². The van der Waals surface area contributed by atoms with Gasteiger partial charge >= 0.3 is 5.97 Å². The fourth-order valence-electron chi connectivity index (χ4n) is 1.75. The second-order valence-corrected chi connectivity index (χ2v) is 4.23. The van der Waals surface area contributed by atoms with Crippen LogP contribution in [0.3, 0.4) is 0 Å². The van der Waals surface area contributed by atoms with Crippen molar-refractivity contribution in [2.75, 3.05) is 6.61 Å². The van der Waals surface area contributed by atoms with Gasteiger partial charge in [-0.25, -0.2) is 4.79 Å². The summed E-state index contributed by atoms with van der Waals surface area (Å²) in [7, 11) is 0. The highest BCUT2D eigenvalue weighted by molar-refractivity contribution is 5.92. The number of hydrogen-bond acceptors (Lipinski definition) is 2. The quantitative estimate of drug-likeness (QED) is 0.606. The van der Waals surface area contributed by atoms with Gasteiger partial charge in [-0.3, -0.25) is 0 Å². The lowest BCUT2D eigenvalue weighted by molar-refractivity contribution is -0.132. The number of aliphatic carboxylic acids is 1. The number of epoxide rings is 1. The van der Waals surface area contributed by atoms with E-state index >= 15 is 0 Å². The first-order valence-corrected chi connectivity index (χ1v) is 5.86. The van der Waals surface area contributed by atoms with Crippen molar-refractivity contribution in [2.45, 2.75) is 25.4 Å². The highest BCUT2D eigenvalue weighted by Gasteiger charge is 2.21. The van der Waals surface area contributed by atoms with Crippen molar-refractivity contribution in [1.29, 1.82) is 0 Å². The fourth-order valence-corrected chi connectivity index (χ4v) is 1.75. The van der Waals surface area contributed by atoms with Crippen LogP contribution in [0.2, 0.25) is 0 Å². The molecule has 1 fully saturated rings. The van der Waals surface area contributed by atoms with Gasteiger partial charge in [0.1, 0.15) is 0 Å². The number of carbonyl (C=O) groups is 1. The van der Waals surface area contributed by atoms with Crippen LogP contribution >= 0.6 is 0 Å². The second kappa shape index (κ2) is 5.64. The summed E-state index contributed by atoms with van der Waals surface area (Å²) in [6.07, 6.45) is 4.55. The van der Waals surface area contributed by atoms with Gasteiger partial charge in [-0.1, -0.05) is 30.3 Å². The van der Waals surface area contributed by atoms with Gasteiger partial charge in [-0.15, -0.1) is 0 Å². The molecule has 1 aromatic carbocycles. The first-order chi connectivity index (χ1) is 8.25. The molecule has 1 aliphatic heterocycles. The molecule has 0 amide bonds. The molecule has 1 N–H and O–H groups in total. The van der Waals surface area contributed by atoms with E-state index in [1.807, 2.05) is 30.3 Å². The predicted octanol–water partition coefficient (Wildman–Crippen LogP) is 2.72. The number of rotatable bonds is 6. The second-order valence-electron chi connectivity index (χ2n) is 4.23. The van der Waals surface area contributed by atoms with Gasteiger partial charge < -0.3 is 9.84 Å². The Morgan fingerprint density at radius 3 is 2.71 bits per heavy atom. The van der Waals surface area contributed by atoms with Crippen LogP contribution in [-0.2, 0) is 9.53 Å². The summed E-state index contributed by atoms with van der Waals surface area (Å²) in [6.45, 7) is 0.838. The molecule has 1 heterocycles. The number of hydrogen-bond donors (Lipinski definition) is 1. The topological polar surface area (TPSA) is 49.8 Å². The molecule has 2 rings (SSSR count). The van der Waals surface area contributed by atoms with E-state index in [0.29, 0.717) is 18.1 Å². The van der Waals surface area contributed by atoms with Crippen molar-refractivity contribution in [2.24, 2.45) is 0 Å². The van der Waals surface area contributed by atoms with Crippen LogP contribution in [0.25, 0.3) is 6.08 Å². The summed E-state index contributed by atoms with van der Waals surface area (Å²) in [5, 5.41) is 9.12. The zero-order chi connectivity index (χ0) is 12.1. The molecule has 1 saturated heterocycles. The number of benzene rings is 1. The maximum absolute atomic E-state index is 11.1. The standard InChI is InChI=1S/C14H16O3/c15-14(16)12(7-4-8-13-10-17-13)9-11-5-2-1-3-6-11/h1-3,5-6,9,13H,4,7-8,10H2,(H,15,16). The molecule has 1 aliphatic rings. The monoisotopic (exact) mass is 232 g/mol. The van der Waals surface area contributed by atoms with E-state index in [1.54, 1.807) is 6.08 Å². The molecule has 17 heavy (non-hydrogen) atoms. The van der Waals surface area contributed by atoms with E-state index in [0.717, 1.165) is 25.0 Å². The molecule has 0 aliphatic carbocycles. The van der Waals surface area contributed by atoms with Crippen molar-refractivity contribution >= 4 is 12.0 Å². The van der Waals surface area contributed by atoms with Crippen LogP contribution in [0, 0.1) is 0 Å². The number of carboxylic acid groups (broad SMARTS) is 1. The zero-order valence-electron chi connectivity index (χ0n) is 9.63. The Bertz CT molecular complexity index is 405. The van der Waals surface area contributed by atoms with Crippen LogP contribution in [0.5, 0.6) is 0 Å². The fraction of sp³-hybridized carbons (Fsp3) is 0.357.